The lowest BCUT2D eigenvalue weighted by Crippen LogP contribution is -2.19. The topological polar surface area (TPSA) is 83.7 Å². The van der Waals surface area contributed by atoms with Gasteiger partial charge in [0.05, 0.1) is 4.92 Å². The van der Waals surface area contributed by atoms with Gasteiger partial charge in [-0.2, -0.15) is 0 Å². The molecule has 0 atom stereocenters. The number of rotatable bonds is 4. The van der Waals surface area contributed by atoms with Gasteiger partial charge in [-0.1, -0.05) is 12.1 Å². The number of carboxylic acid groups (broad SMARTS) is 1. The zero-order valence-corrected chi connectivity index (χ0v) is 9.83. The van der Waals surface area contributed by atoms with Crippen molar-refractivity contribution in [3.8, 4) is 0 Å². The minimum Gasteiger partial charge on any atom is -0.477 e. The zero-order valence-electron chi connectivity index (χ0n) is 9.83. The predicted molar refractivity (Wildman–Crippen MR) is 64.6 cm³/mol. The molecule has 0 saturated carbocycles. The average Bonchev–Trinajstić information content (AvgIpc) is 2.81. The maximum atomic E-state index is 11.0. The van der Waals surface area contributed by atoms with Gasteiger partial charge in [0.2, 0.25) is 0 Å². The van der Waals surface area contributed by atoms with Crippen LogP contribution in [0.2, 0.25) is 0 Å². The highest BCUT2D eigenvalue weighted by Gasteiger charge is 2.25. The number of benzene rings is 1. The first-order chi connectivity index (χ1) is 8.59. The molecule has 0 spiro atoms. The van der Waals surface area contributed by atoms with E-state index in [1.54, 1.807) is 12.1 Å². The van der Waals surface area contributed by atoms with E-state index < -0.39 is 10.9 Å². The van der Waals surface area contributed by atoms with Crippen molar-refractivity contribution in [2.45, 2.75) is 19.4 Å². The maximum absolute atomic E-state index is 11.0. The summed E-state index contributed by atoms with van der Waals surface area (Å²) in [6.07, 6.45) is 2.18. The number of aromatic carboxylic acids is 1. The molecule has 6 nitrogen and oxygen atoms in total. The van der Waals surface area contributed by atoms with Crippen LogP contribution in [0.15, 0.2) is 18.2 Å². The molecule has 0 aromatic heterocycles. The van der Waals surface area contributed by atoms with Crippen molar-refractivity contribution in [2.75, 3.05) is 13.1 Å². The van der Waals surface area contributed by atoms with Crippen LogP contribution in [-0.4, -0.2) is 34.0 Å². The molecule has 1 fully saturated rings. The second kappa shape index (κ2) is 5.14. The van der Waals surface area contributed by atoms with Gasteiger partial charge in [0.15, 0.2) is 0 Å². The SMILES string of the molecule is O=C(O)c1cccc(CN2CCCC2)c1[N+](=O)[O-]. The van der Waals surface area contributed by atoms with E-state index >= 15 is 0 Å². The number of nitro benzene ring substituents is 1. The van der Waals surface area contributed by atoms with Crippen LogP contribution in [0.3, 0.4) is 0 Å². The second-order valence-electron chi connectivity index (χ2n) is 4.36. The van der Waals surface area contributed by atoms with Crippen molar-refractivity contribution in [2.24, 2.45) is 0 Å². The summed E-state index contributed by atoms with van der Waals surface area (Å²) in [5, 5.41) is 20.0. The molecule has 0 aliphatic carbocycles. The van der Waals surface area contributed by atoms with Gasteiger partial charge in [0.25, 0.3) is 5.69 Å². The normalized spacial score (nSPS) is 15.8. The monoisotopic (exact) mass is 250 g/mol. The summed E-state index contributed by atoms with van der Waals surface area (Å²) in [5.74, 6) is -1.26. The van der Waals surface area contributed by atoms with Crippen molar-refractivity contribution >= 4 is 11.7 Å². The summed E-state index contributed by atoms with van der Waals surface area (Å²) < 4.78 is 0. The van der Waals surface area contributed by atoms with Crippen LogP contribution in [-0.2, 0) is 6.54 Å². The van der Waals surface area contributed by atoms with E-state index in [4.69, 9.17) is 5.11 Å². The van der Waals surface area contributed by atoms with E-state index in [9.17, 15) is 14.9 Å². The average molecular weight is 250 g/mol. The van der Waals surface area contributed by atoms with Crippen LogP contribution in [0.5, 0.6) is 0 Å². The highest BCUT2D eigenvalue weighted by Crippen LogP contribution is 2.26. The lowest BCUT2D eigenvalue weighted by Gasteiger charge is -2.14. The van der Waals surface area contributed by atoms with Crippen molar-refractivity contribution in [3.63, 3.8) is 0 Å². The third-order valence-electron chi connectivity index (χ3n) is 3.13. The summed E-state index contributed by atoms with van der Waals surface area (Å²) in [7, 11) is 0. The minimum absolute atomic E-state index is 0.239. The summed E-state index contributed by atoms with van der Waals surface area (Å²) in [4.78, 5) is 23.5. The number of para-hydroxylation sites is 1. The second-order valence-corrected chi connectivity index (χ2v) is 4.36. The molecule has 1 N–H and O–H groups in total. The third-order valence-corrected chi connectivity index (χ3v) is 3.13. The molecule has 1 aliphatic rings. The molecular formula is C12H14N2O4. The first-order valence-electron chi connectivity index (χ1n) is 5.81. The Hall–Kier alpha value is -1.95. The smallest absolute Gasteiger partial charge is 0.342 e. The Bertz CT molecular complexity index is 481. The Balaban J connectivity index is 2.36. The fraction of sp³-hybridized carbons (Fsp3) is 0.417. The summed E-state index contributed by atoms with van der Waals surface area (Å²) >= 11 is 0. The maximum Gasteiger partial charge on any atom is 0.342 e. The highest BCUT2D eigenvalue weighted by molar-refractivity contribution is 5.93. The molecule has 96 valence electrons. The van der Waals surface area contributed by atoms with E-state index in [0.717, 1.165) is 25.9 Å². The van der Waals surface area contributed by atoms with Gasteiger partial charge in [-0.05, 0) is 32.0 Å². The molecule has 0 bridgehead atoms. The fourth-order valence-electron chi connectivity index (χ4n) is 2.29. The summed E-state index contributed by atoms with van der Waals surface area (Å²) in [6, 6.07) is 4.46. The zero-order chi connectivity index (χ0) is 13.1. The van der Waals surface area contributed by atoms with Crippen LogP contribution in [0, 0.1) is 10.1 Å². The Morgan fingerprint density at radius 1 is 1.39 bits per heavy atom. The largest absolute Gasteiger partial charge is 0.477 e. The number of likely N-dealkylation sites (tertiary alicyclic amines) is 1. The molecule has 2 rings (SSSR count). The van der Waals surface area contributed by atoms with E-state index in [-0.39, 0.29) is 11.3 Å². The van der Waals surface area contributed by atoms with Gasteiger partial charge in [-0.15, -0.1) is 0 Å². The molecule has 1 aliphatic heterocycles. The van der Waals surface area contributed by atoms with Crippen LogP contribution < -0.4 is 0 Å². The highest BCUT2D eigenvalue weighted by atomic mass is 16.6. The molecule has 1 heterocycles. The number of carbonyl (C=O) groups is 1. The van der Waals surface area contributed by atoms with Crippen molar-refractivity contribution in [1.29, 1.82) is 0 Å². The third kappa shape index (κ3) is 2.48. The van der Waals surface area contributed by atoms with Gasteiger partial charge >= 0.3 is 5.97 Å². The standard InChI is InChI=1S/C12H14N2O4/c15-12(16)10-5-3-4-9(11(10)14(17)18)8-13-6-1-2-7-13/h3-5H,1-2,6-8H2,(H,15,16). The Morgan fingerprint density at radius 2 is 2.06 bits per heavy atom. The number of hydrogen-bond acceptors (Lipinski definition) is 4. The van der Waals surface area contributed by atoms with Gasteiger partial charge in [0.1, 0.15) is 5.56 Å². The Kier molecular flexibility index (Phi) is 3.57. The Labute approximate surface area is 104 Å². The lowest BCUT2D eigenvalue weighted by molar-refractivity contribution is -0.386. The molecule has 0 unspecified atom stereocenters. The molecular weight excluding hydrogens is 236 g/mol. The molecule has 1 aromatic carbocycles. The first-order valence-corrected chi connectivity index (χ1v) is 5.81. The van der Waals surface area contributed by atoms with E-state index in [2.05, 4.69) is 4.90 Å². The number of hydrogen-bond donors (Lipinski definition) is 1. The van der Waals surface area contributed by atoms with Crippen LogP contribution >= 0.6 is 0 Å². The molecule has 1 saturated heterocycles. The van der Waals surface area contributed by atoms with Crippen LogP contribution in [0.25, 0.3) is 0 Å². The van der Waals surface area contributed by atoms with Gasteiger partial charge in [-0.25, -0.2) is 4.79 Å². The predicted octanol–water partition coefficient (Wildman–Crippen LogP) is 1.89. The lowest BCUT2D eigenvalue weighted by atomic mass is 10.1. The van der Waals surface area contributed by atoms with Gasteiger partial charge in [-0.3, -0.25) is 15.0 Å². The summed E-state index contributed by atoms with van der Waals surface area (Å²) in [6.45, 7) is 2.26. The Morgan fingerprint density at radius 3 is 2.61 bits per heavy atom. The van der Waals surface area contributed by atoms with E-state index in [0.29, 0.717) is 12.1 Å². The number of nitro groups is 1. The van der Waals surface area contributed by atoms with Crippen molar-refractivity contribution in [1.82, 2.24) is 4.90 Å². The first kappa shape index (κ1) is 12.5. The number of carboxylic acids is 1. The summed E-state index contributed by atoms with van der Waals surface area (Å²) in [5.41, 5.74) is -0.0459. The van der Waals surface area contributed by atoms with Crippen molar-refractivity contribution in [3.05, 3.63) is 39.4 Å². The van der Waals surface area contributed by atoms with Gasteiger partial charge in [0, 0.05) is 12.1 Å². The molecule has 6 heteroatoms. The molecule has 0 radical (unpaired) electrons. The number of nitrogens with zero attached hydrogens (tertiary/aromatic N) is 2. The minimum atomic E-state index is -1.26. The van der Waals surface area contributed by atoms with Crippen LogP contribution in [0.1, 0.15) is 28.8 Å². The van der Waals surface area contributed by atoms with E-state index in [1.165, 1.54) is 6.07 Å². The van der Waals surface area contributed by atoms with Crippen molar-refractivity contribution < 1.29 is 14.8 Å². The molecule has 18 heavy (non-hydrogen) atoms. The fourth-order valence-corrected chi connectivity index (χ4v) is 2.29. The molecule has 0 amide bonds. The van der Waals surface area contributed by atoms with Crippen LogP contribution in [0.4, 0.5) is 5.69 Å². The quantitative estimate of drug-likeness (QED) is 0.651. The van der Waals surface area contributed by atoms with Gasteiger partial charge < -0.3 is 5.11 Å². The molecule has 1 aromatic rings. The van der Waals surface area contributed by atoms with E-state index in [1.807, 2.05) is 0 Å².